The second-order valence-corrected chi connectivity index (χ2v) is 4.82. The van der Waals surface area contributed by atoms with E-state index < -0.39 is 23.3 Å². The summed E-state index contributed by atoms with van der Waals surface area (Å²) in [6.45, 7) is 7.05. The van der Waals surface area contributed by atoms with Crippen molar-refractivity contribution in [3.8, 4) is 0 Å². The summed E-state index contributed by atoms with van der Waals surface area (Å²) >= 11 is 0. The third-order valence-electron chi connectivity index (χ3n) is 3.03. The van der Waals surface area contributed by atoms with E-state index in [-0.39, 0.29) is 13.2 Å². The van der Waals surface area contributed by atoms with Crippen LogP contribution in [0.3, 0.4) is 0 Å². The van der Waals surface area contributed by atoms with Gasteiger partial charge in [-0.25, -0.2) is 0 Å². The number of rotatable bonds is 8. The molecule has 0 aliphatic rings. The Morgan fingerprint density at radius 2 is 1.83 bits per heavy atom. The van der Waals surface area contributed by atoms with E-state index in [2.05, 4.69) is 0 Å². The normalized spacial score (nSPS) is 12.9. The van der Waals surface area contributed by atoms with Crippen molar-refractivity contribution in [2.75, 3.05) is 19.8 Å². The van der Waals surface area contributed by atoms with Gasteiger partial charge in [-0.1, -0.05) is 20.3 Å². The van der Waals surface area contributed by atoms with Gasteiger partial charge in [0.25, 0.3) is 0 Å². The quantitative estimate of drug-likeness (QED) is 0.529. The minimum absolute atomic E-state index is 0.0515. The molecule has 1 unspecified atom stereocenters. The first-order valence-electron chi connectivity index (χ1n) is 6.32. The van der Waals surface area contributed by atoms with Gasteiger partial charge in [-0.2, -0.15) is 0 Å². The Bertz CT molecular complexity index is 273. The molecule has 0 fully saturated rings. The Balaban J connectivity index is 4.40. The van der Waals surface area contributed by atoms with Crippen LogP contribution in [0, 0.1) is 11.3 Å². The fourth-order valence-electron chi connectivity index (χ4n) is 1.24. The molecule has 0 heterocycles. The van der Waals surface area contributed by atoms with Crippen LogP contribution in [0.2, 0.25) is 0 Å². The van der Waals surface area contributed by atoms with Gasteiger partial charge in [0.15, 0.2) is 0 Å². The number of carbonyl (C=O) groups excluding carboxylic acids is 2. The number of carbonyl (C=O) groups is 2. The molecule has 0 saturated heterocycles. The standard InChI is InChI=1S/C13H24O5/c1-5-6-8-18-12(16)13(3,4)10(2)11(15)17-9-7-14/h10,14H,5-9H2,1-4H3. The van der Waals surface area contributed by atoms with Gasteiger partial charge in [-0.15, -0.1) is 0 Å². The summed E-state index contributed by atoms with van der Waals surface area (Å²) in [5, 5.41) is 8.58. The van der Waals surface area contributed by atoms with Crippen molar-refractivity contribution in [3.05, 3.63) is 0 Å². The zero-order valence-electron chi connectivity index (χ0n) is 11.7. The molecule has 0 spiro atoms. The van der Waals surface area contributed by atoms with E-state index in [4.69, 9.17) is 14.6 Å². The van der Waals surface area contributed by atoms with E-state index in [0.717, 1.165) is 12.8 Å². The summed E-state index contributed by atoms with van der Waals surface area (Å²) in [6.07, 6.45) is 1.76. The Labute approximate surface area is 108 Å². The molecule has 0 saturated carbocycles. The van der Waals surface area contributed by atoms with Crippen LogP contribution in [0.4, 0.5) is 0 Å². The summed E-state index contributed by atoms with van der Waals surface area (Å²) in [5.74, 6) is -1.51. The van der Waals surface area contributed by atoms with Crippen LogP contribution in [0.1, 0.15) is 40.5 Å². The van der Waals surface area contributed by atoms with Crippen LogP contribution in [0.5, 0.6) is 0 Å². The van der Waals surface area contributed by atoms with Gasteiger partial charge in [0, 0.05) is 0 Å². The molecule has 0 radical (unpaired) electrons. The zero-order chi connectivity index (χ0) is 14.2. The number of hydrogen-bond donors (Lipinski definition) is 1. The highest BCUT2D eigenvalue weighted by atomic mass is 16.5. The van der Waals surface area contributed by atoms with Gasteiger partial charge in [0.2, 0.25) is 0 Å². The summed E-state index contributed by atoms with van der Waals surface area (Å²) in [5.41, 5.74) is -0.930. The number of ether oxygens (including phenoxy) is 2. The number of hydrogen-bond acceptors (Lipinski definition) is 5. The third-order valence-corrected chi connectivity index (χ3v) is 3.03. The second kappa shape index (κ2) is 8.08. The first-order chi connectivity index (χ1) is 8.37. The Kier molecular flexibility index (Phi) is 7.59. The van der Waals surface area contributed by atoms with Crippen LogP contribution in [0.25, 0.3) is 0 Å². The molecular formula is C13H24O5. The molecule has 0 amide bonds. The highest BCUT2D eigenvalue weighted by Gasteiger charge is 2.40. The summed E-state index contributed by atoms with van der Waals surface area (Å²) in [7, 11) is 0. The zero-order valence-corrected chi connectivity index (χ0v) is 11.7. The van der Waals surface area contributed by atoms with Crippen LogP contribution in [-0.2, 0) is 19.1 Å². The van der Waals surface area contributed by atoms with Crippen molar-refractivity contribution >= 4 is 11.9 Å². The fraction of sp³-hybridized carbons (Fsp3) is 0.846. The van der Waals surface area contributed by atoms with Gasteiger partial charge in [0.05, 0.1) is 24.5 Å². The van der Waals surface area contributed by atoms with Gasteiger partial charge in [-0.3, -0.25) is 9.59 Å². The lowest BCUT2D eigenvalue weighted by atomic mass is 9.80. The van der Waals surface area contributed by atoms with Crippen molar-refractivity contribution in [2.24, 2.45) is 11.3 Å². The highest BCUT2D eigenvalue weighted by Crippen LogP contribution is 2.29. The number of aliphatic hydroxyl groups excluding tert-OH is 1. The lowest BCUT2D eigenvalue weighted by Gasteiger charge is -2.27. The van der Waals surface area contributed by atoms with Crippen molar-refractivity contribution in [3.63, 3.8) is 0 Å². The molecule has 1 N–H and O–H groups in total. The van der Waals surface area contributed by atoms with Gasteiger partial charge < -0.3 is 14.6 Å². The summed E-state index contributed by atoms with van der Waals surface area (Å²) < 4.78 is 9.95. The van der Waals surface area contributed by atoms with Crippen molar-refractivity contribution in [1.29, 1.82) is 0 Å². The lowest BCUT2D eigenvalue weighted by molar-refractivity contribution is -0.167. The number of esters is 2. The number of aliphatic hydroxyl groups is 1. The summed E-state index contributed by atoms with van der Waals surface area (Å²) in [4.78, 5) is 23.5. The highest BCUT2D eigenvalue weighted by molar-refractivity contribution is 5.84. The predicted octanol–water partition coefficient (Wildman–Crippen LogP) is 1.53. The van der Waals surface area contributed by atoms with Gasteiger partial charge in [-0.05, 0) is 20.3 Å². The molecular weight excluding hydrogens is 236 g/mol. The molecule has 106 valence electrons. The molecule has 0 rings (SSSR count). The van der Waals surface area contributed by atoms with E-state index in [1.165, 1.54) is 0 Å². The maximum Gasteiger partial charge on any atom is 0.312 e. The minimum atomic E-state index is -0.930. The SMILES string of the molecule is CCCCOC(=O)C(C)(C)C(C)C(=O)OCCO. The topological polar surface area (TPSA) is 72.8 Å². The van der Waals surface area contributed by atoms with Crippen LogP contribution < -0.4 is 0 Å². The molecule has 0 aromatic carbocycles. The molecule has 0 aliphatic carbocycles. The maximum absolute atomic E-state index is 11.9. The van der Waals surface area contributed by atoms with E-state index >= 15 is 0 Å². The van der Waals surface area contributed by atoms with E-state index in [9.17, 15) is 9.59 Å². The first kappa shape index (κ1) is 16.9. The second-order valence-electron chi connectivity index (χ2n) is 4.82. The molecule has 0 aromatic heterocycles. The van der Waals surface area contributed by atoms with Crippen molar-refractivity contribution in [1.82, 2.24) is 0 Å². The minimum Gasteiger partial charge on any atom is -0.465 e. The monoisotopic (exact) mass is 260 g/mol. The number of unbranched alkanes of at least 4 members (excludes halogenated alkanes) is 1. The molecule has 1 atom stereocenters. The molecule has 5 heteroatoms. The molecule has 0 bridgehead atoms. The largest absolute Gasteiger partial charge is 0.465 e. The summed E-state index contributed by atoms with van der Waals surface area (Å²) in [6, 6.07) is 0. The fourth-order valence-corrected chi connectivity index (χ4v) is 1.24. The van der Waals surface area contributed by atoms with E-state index in [0.29, 0.717) is 6.61 Å². The molecule has 18 heavy (non-hydrogen) atoms. The van der Waals surface area contributed by atoms with Crippen LogP contribution in [-0.4, -0.2) is 36.9 Å². The lowest BCUT2D eigenvalue weighted by Crippen LogP contribution is -2.38. The van der Waals surface area contributed by atoms with E-state index in [1.54, 1.807) is 20.8 Å². The van der Waals surface area contributed by atoms with Gasteiger partial charge in [0.1, 0.15) is 6.61 Å². The Morgan fingerprint density at radius 3 is 2.33 bits per heavy atom. The molecule has 5 nitrogen and oxygen atoms in total. The third kappa shape index (κ3) is 5.04. The Hall–Kier alpha value is -1.10. The van der Waals surface area contributed by atoms with Crippen molar-refractivity contribution < 1.29 is 24.2 Å². The van der Waals surface area contributed by atoms with E-state index in [1.807, 2.05) is 6.92 Å². The average Bonchev–Trinajstić information content (AvgIpc) is 2.34. The predicted molar refractivity (Wildman–Crippen MR) is 66.9 cm³/mol. The van der Waals surface area contributed by atoms with Gasteiger partial charge >= 0.3 is 11.9 Å². The maximum atomic E-state index is 11.9. The molecule has 0 aliphatic heterocycles. The average molecular weight is 260 g/mol. The van der Waals surface area contributed by atoms with Crippen LogP contribution in [0.15, 0.2) is 0 Å². The van der Waals surface area contributed by atoms with Crippen molar-refractivity contribution in [2.45, 2.75) is 40.5 Å². The Morgan fingerprint density at radius 1 is 1.22 bits per heavy atom. The first-order valence-corrected chi connectivity index (χ1v) is 6.32. The smallest absolute Gasteiger partial charge is 0.312 e. The molecule has 0 aromatic rings. The van der Waals surface area contributed by atoms with Crippen LogP contribution >= 0.6 is 0 Å².